The molecule has 2 aromatic rings. The summed E-state index contributed by atoms with van der Waals surface area (Å²) in [5.41, 5.74) is 6.02. The molecule has 1 aromatic heterocycles. The molecule has 0 fully saturated rings. The van der Waals surface area contributed by atoms with Crippen molar-refractivity contribution < 1.29 is 9.21 Å². The Labute approximate surface area is 112 Å². The van der Waals surface area contributed by atoms with Crippen LogP contribution in [0.3, 0.4) is 0 Å². The SMILES string of the molecule is NC(=O)/C=C/c1ccc(-c2cccc(I)c2)o1. The number of primary amides is 1. The maximum atomic E-state index is 10.6. The van der Waals surface area contributed by atoms with E-state index in [4.69, 9.17) is 10.2 Å². The van der Waals surface area contributed by atoms with Gasteiger partial charge in [-0.05, 0) is 52.9 Å². The van der Waals surface area contributed by atoms with Crippen LogP contribution in [0.5, 0.6) is 0 Å². The van der Waals surface area contributed by atoms with E-state index in [2.05, 4.69) is 22.6 Å². The molecule has 86 valence electrons. The zero-order valence-electron chi connectivity index (χ0n) is 8.89. The minimum absolute atomic E-state index is 0.489. The van der Waals surface area contributed by atoms with E-state index in [1.54, 1.807) is 12.1 Å². The van der Waals surface area contributed by atoms with Crippen molar-refractivity contribution in [3.63, 3.8) is 0 Å². The van der Waals surface area contributed by atoms with Crippen LogP contribution in [-0.2, 0) is 4.79 Å². The first kappa shape index (κ1) is 11.9. The first-order valence-corrected chi connectivity index (χ1v) is 6.06. The predicted molar refractivity (Wildman–Crippen MR) is 75.1 cm³/mol. The summed E-state index contributed by atoms with van der Waals surface area (Å²) in [6.45, 7) is 0. The molecule has 0 spiro atoms. The zero-order chi connectivity index (χ0) is 12.3. The number of furan rings is 1. The molecule has 1 aromatic carbocycles. The van der Waals surface area contributed by atoms with Gasteiger partial charge in [-0.15, -0.1) is 0 Å². The van der Waals surface area contributed by atoms with Gasteiger partial charge in [-0.3, -0.25) is 4.79 Å². The number of nitrogens with two attached hydrogens (primary N) is 1. The fraction of sp³-hybridized carbons (Fsp3) is 0. The van der Waals surface area contributed by atoms with Crippen LogP contribution < -0.4 is 5.73 Å². The fourth-order valence-electron chi connectivity index (χ4n) is 1.40. The minimum Gasteiger partial charge on any atom is -0.457 e. The lowest BCUT2D eigenvalue weighted by molar-refractivity contribution is -0.113. The Morgan fingerprint density at radius 3 is 2.82 bits per heavy atom. The third-order valence-electron chi connectivity index (χ3n) is 2.15. The van der Waals surface area contributed by atoms with E-state index in [-0.39, 0.29) is 0 Å². The number of hydrogen-bond acceptors (Lipinski definition) is 2. The molecule has 0 atom stereocenters. The van der Waals surface area contributed by atoms with Crippen molar-refractivity contribution in [3.8, 4) is 11.3 Å². The van der Waals surface area contributed by atoms with Gasteiger partial charge in [0.1, 0.15) is 11.5 Å². The highest BCUT2D eigenvalue weighted by atomic mass is 127. The smallest absolute Gasteiger partial charge is 0.241 e. The minimum atomic E-state index is -0.489. The van der Waals surface area contributed by atoms with Crippen molar-refractivity contribution in [1.82, 2.24) is 0 Å². The highest BCUT2D eigenvalue weighted by Gasteiger charge is 2.03. The van der Waals surface area contributed by atoms with Crippen LogP contribution in [0.2, 0.25) is 0 Å². The van der Waals surface area contributed by atoms with Gasteiger partial charge in [-0.25, -0.2) is 0 Å². The van der Waals surface area contributed by atoms with E-state index in [1.807, 2.05) is 30.3 Å². The van der Waals surface area contributed by atoms with Gasteiger partial charge in [0.2, 0.25) is 5.91 Å². The molecule has 4 heteroatoms. The first-order valence-electron chi connectivity index (χ1n) is 4.98. The molecule has 0 aliphatic carbocycles. The van der Waals surface area contributed by atoms with Crippen LogP contribution in [0.1, 0.15) is 5.76 Å². The average Bonchev–Trinajstić information content (AvgIpc) is 2.75. The van der Waals surface area contributed by atoms with Gasteiger partial charge in [-0.2, -0.15) is 0 Å². The lowest BCUT2D eigenvalue weighted by Gasteiger charge is -1.96. The zero-order valence-corrected chi connectivity index (χ0v) is 11.0. The Kier molecular flexibility index (Phi) is 3.63. The monoisotopic (exact) mass is 339 g/mol. The quantitative estimate of drug-likeness (QED) is 0.690. The number of carbonyl (C=O) groups excluding carboxylic acids is 1. The van der Waals surface area contributed by atoms with Crippen molar-refractivity contribution in [1.29, 1.82) is 0 Å². The molecule has 2 rings (SSSR count). The Morgan fingerprint density at radius 2 is 2.12 bits per heavy atom. The summed E-state index contributed by atoms with van der Waals surface area (Å²) in [5.74, 6) is 0.891. The number of benzene rings is 1. The molecular weight excluding hydrogens is 329 g/mol. The molecule has 0 aliphatic heterocycles. The van der Waals surface area contributed by atoms with E-state index in [0.717, 1.165) is 14.9 Å². The van der Waals surface area contributed by atoms with Crippen molar-refractivity contribution in [2.75, 3.05) is 0 Å². The van der Waals surface area contributed by atoms with Crippen LogP contribution in [0.15, 0.2) is 46.9 Å². The van der Waals surface area contributed by atoms with Crippen molar-refractivity contribution in [2.45, 2.75) is 0 Å². The van der Waals surface area contributed by atoms with Crippen molar-refractivity contribution >= 4 is 34.6 Å². The summed E-state index contributed by atoms with van der Waals surface area (Å²) < 4.78 is 6.72. The standard InChI is InChI=1S/C13H10INO2/c14-10-3-1-2-9(8-10)12-6-4-11(17-12)5-7-13(15)16/h1-8H,(H2,15,16)/b7-5+. The second-order valence-corrected chi connectivity index (χ2v) is 4.69. The van der Waals surface area contributed by atoms with Crippen LogP contribution >= 0.6 is 22.6 Å². The Balaban J connectivity index is 2.27. The van der Waals surface area contributed by atoms with E-state index in [9.17, 15) is 4.79 Å². The number of amides is 1. The summed E-state index contributed by atoms with van der Waals surface area (Å²) in [7, 11) is 0. The van der Waals surface area contributed by atoms with Crippen LogP contribution in [0.25, 0.3) is 17.4 Å². The van der Waals surface area contributed by atoms with Crippen molar-refractivity contribution in [3.05, 3.63) is 51.8 Å². The molecule has 0 saturated heterocycles. The van der Waals surface area contributed by atoms with Gasteiger partial charge in [0, 0.05) is 15.2 Å². The number of carbonyl (C=O) groups is 1. The maximum Gasteiger partial charge on any atom is 0.241 e. The van der Waals surface area contributed by atoms with Crippen molar-refractivity contribution in [2.24, 2.45) is 5.73 Å². The molecule has 0 radical (unpaired) electrons. The summed E-state index contributed by atoms with van der Waals surface area (Å²) in [5, 5.41) is 0. The molecule has 2 N–H and O–H groups in total. The van der Waals surface area contributed by atoms with Gasteiger partial charge >= 0.3 is 0 Å². The fourth-order valence-corrected chi connectivity index (χ4v) is 1.95. The summed E-state index contributed by atoms with van der Waals surface area (Å²) >= 11 is 2.25. The largest absolute Gasteiger partial charge is 0.457 e. The number of rotatable bonds is 3. The summed E-state index contributed by atoms with van der Waals surface area (Å²) in [6, 6.07) is 11.7. The van der Waals surface area contributed by atoms with E-state index >= 15 is 0 Å². The van der Waals surface area contributed by atoms with Gasteiger partial charge in [0.15, 0.2) is 0 Å². The Morgan fingerprint density at radius 1 is 1.29 bits per heavy atom. The van der Waals surface area contributed by atoms with Gasteiger partial charge in [0.05, 0.1) is 0 Å². The molecule has 17 heavy (non-hydrogen) atoms. The Hall–Kier alpha value is -1.56. The average molecular weight is 339 g/mol. The second-order valence-electron chi connectivity index (χ2n) is 3.45. The van der Waals surface area contributed by atoms with E-state index < -0.39 is 5.91 Å². The lowest BCUT2D eigenvalue weighted by Crippen LogP contribution is -2.04. The second kappa shape index (κ2) is 5.18. The molecular formula is C13H10INO2. The molecule has 1 amide bonds. The predicted octanol–water partition coefficient (Wildman–Crippen LogP) is 3.05. The topological polar surface area (TPSA) is 56.2 Å². The van der Waals surface area contributed by atoms with Crippen LogP contribution in [0, 0.1) is 3.57 Å². The molecule has 1 heterocycles. The number of halogens is 1. The third kappa shape index (κ3) is 3.20. The lowest BCUT2D eigenvalue weighted by atomic mass is 10.2. The maximum absolute atomic E-state index is 10.6. The van der Waals surface area contributed by atoms with E-state index in [1.165, 1.54) is 6.08 Å². The molecule has 0 aliphatic rings. The van der Waals surface area contributed by atoms with Gasteiger partial charge in [-0.1, -0.05) is 12.1 Å². The molecule has 0 saturated carbocycles. The highest BCUT2D eigenvalue weighted by Crippen LogP contribution is 2.24. The normalized spacial score (nSPS) is 10.9. The van der Waals surface area contributed by atoms with Crippen LogP contribution in [0.4, 0.5) is 0 Å². The summed E-state index contributed by atoms with van der Waals surface area (Å²) in [6.07, 6.45) is 2.83. The summed E-state index contributed by atoms with van der Waals surface area (Å²) in [4.78, 5) is 10.6. The highest BCUT2D eigenvalue weighted by molar-refractivity contribution is 14.1. The third-order valence-corrected chi connectivity index (χ3v) is 2.82. The molecule has 3 nitrogen and oxygen atoms in total. The molecule has 0 bridgehead atoms. The van der Waals surface area contributed by atoms with Crippen LogP contribution in [-0.4, -0.2) is 5.91 Å². The van der Waals surface area contributed by atoms with Gasteiger partial charge < -0.3 is 10.2 Å². The Bertz CT molecular complexity index is 572. The van der Waals surface area contributed by atoms with E-state index in [0.29, 0.717) is 5.76 Å². The molecule has 0 unspecified atom stereocenters. The number of hydrogen-bond donors (Lipinski definition) is 1. The first-order chi connectivity index (χ1) is 8.15. The van der Waals surface area contributed by atoms with Gasteiger partial charge in [0.25, 0.3) is 0 Å².